The number of furan rings is 1. The molecule has 6 nitrogen and oxygen atoms in total. The molecule has 4 rings (SSSR count). The van der Waals surface area contributed by atoms with E-state index in [0.29, 0.717) is 11.6 Å². The Morgan fingerprint density at radius 2 is 2.17 bits per heavy atom. The molecule has 2 N–H and O–H groups in total. The zero-order chi connectivity index (χ0) is 16.4. The average Bonchev–Trinajstić information content (AvgIpc) is 3.30. The molecule has 0 bridgehead atoms. The van der Waals surface area contributed by atoms with Crippen LogP contribution in [-0.2, 0) is 0 Å². The van der Waals surface area contributed by atoms with Gasteiger partial charge in [0.2, 0.25) is 0 Å². The molecule has 0 aliphatic heterocycles. The Morgan fingerprint density at radius 3 is 3.04 bits per heavy atom. The number of pyridine rings is 1. The summed E-state index contributed by atoms with van der Waals surface area (Å²) in [6.45, 7) is 0.284. The maximum atomic E-state index is 10.4. The van der Waals surface area contributed by atoms with E-state index < -0.39 is 6.10 Å². The van der Waals surface area contributed by atoms with Crippen LogP contribution in [0.15, 0.2) is 58.9 Å². The largest absolute Gasteiger partial charge is 0.457 e. The molecule has 1 unspecified atom stereocenters. The molecule has 0 aliphatic carbocycles. The van der Waals surface area contributed by atoms with Gasteiger partial charge in [-0.2, -0.15) is 0 Å². The maximum absolute atomic E-state index is 10.4. The van der Waals surface area contributed by atoms with Crippen LogP contribution in [0.1, 0.15) is 11.9 Å². The molecule has 0 aliphatic rings. The van der Waals surface area contributed by atoms with E-state index in [-0.39, 0.29) is 6.54 Å². The predicted molar refractivity (Wildman–Crippen MR) is 92.8 cm³/mol. The summed E-state index contributed by atoms with van der Waals surface area (Å²) in [5, 5.41) is 16.4. The Labute approximate surface area is 141 Å². The normalized spacial score (nSPS) is 12.4. The third kappa shape index (κ3) is 2.86. The van der Waals surface area contributed by atoms with Gasteiger partial charge in [-0.3, -0.25) is 4.98 Å². The van der Waals surface area contributed by atoms with E-state index in [2.05, 4.69) is 20.3 Å². The van der Waals surface area contributed by atoms with Crippen molar-refractivity contribution >= 4 is 28.1 Å². The molecule has 1 atom stereocenters. The molecule has 0 amide bonds. The number of thiophene rings is 1. The molecule has 0 saturated carbocycles. The van der Waals surface area contributed by atoms with Gasteiger partial charge in [0.05, 0.1) is 16.6 Å². The maximum Gasteiger partial charge on any atom is 0.144 e. The summed E-state index contributed by atoms with van der Waals surface area (Å²) in [6.07, 6.45) is 4.07. The van der Waals surface area contributed by atoms with Gasteiger partial charge in [-0.05, 0) is 29.6 Å². The molecule has 0 fully saturated rings. The second-order valence-electron chi connectivity index (χ2n) is 5.19. The summed E-state index contributed by atoms with van der Waals surface area (Å²) >= 11 is 1.60. The smallest absolute Gasteiger partial charge is 0.144 e. The van der Waals surface area contributed by atoms with Crippen LogP contribution in [0, 0.1) is 0 Å². The van der Waals surface area contributed by atoms with Gasteiger partial charge < -0.3 is 14.8 Å². The molecule has 120 valence electrons. The highest BCUT2D eigenvalue weighted by atomic mass is 32.1. The highest BCUT2D eigenvalue weighted by Crippen LogP contribution is 2.29. The lowest BCUT2D eigenvalue weighted by Gasteiger charge is -2.11. The minimum Gasteiger partial charge on any atom is -0.457 e. The number of rotatable bonds is 5. The standard InChI is InChI=1S/C17H14N4O2S/c22-13(14-3-4-15(23-14)16-2-1-7-24-16)9-19-17-11-5-6-18-8-12(11)20-10-21-17/h1-8,10,13,22H,9H2,(H,19,20,21). The first-order chi connectivity index (χ1) is 11.8. The Balaban J connectivity index is 1.49. The highest BCUT2D eigenvalue weighted by molar-refractivity contribution is 7.13. The summed E-state index contributed by atoms with van der Waals surface area (Å²) in [4.78, 5) is 13.5. The van der Waals surface area contributed by atoms with Crippen LogP contribution in [0.5, 0.6) is 0 Å². The van der Waals surface area contributed by atoms with Gasteiger partial charge in [-0.15, -0.1) is 11.3 Å². The lowest BCUT2D eigenvalue weighted by molar-refractivity contribution is 0.163. The van der Waals surface area contributed by atoms with Gasteiger partial charge in [0.1, 0.15) is 29.8 Å². The summed E-state index contributed by atoms with van der Waals surface area (Å²) in [5.41, 5.74) is 0.752. The number of aliphatic hydroxyl groups is 1. The number of hydrogen-bond acceptors (Lipinski definition) is 7. The van der Waals surface area contributed by atoms with E-state index in [0.717, 1.165) is 21.5 Å². The minimum absolute atomic E-state index is 0.284. The van der Waals surface area contributed by atoms with E-state index in [1.54, 1.807) is 29.8 Å². The fourth-order valence-corrected chi connectivity index (χ4v) is 3.11. The summed E-state index contributed by atoms with van der Waals surface area (Å²) in [5.74, 6) is 1.94. The van der Waals surface area contributed by atoms with Crippen molar-refractivity contribution in [2.45, 2.75) is 6.10 Å². The molecule has 0 radical (unpaired) electrons. The van der Waals surface area contributed by atoms with Gasteiger partial charge in [0, 0.05) is 18.1 Å². The highest BCUT2D eigenvalue weighted by Gasteiger charge is 2.14. The monoisotopic (exact) mass is 338 g/mol. The Morgan fingerprint density at radius 1 is 1.21 bits per heavy atom. The molecule has 4 aromatic heterocycles. The van der Waals surface area contributed by atoms with Crippen molar-refractivity contribution in [1.29, 1.82) is 0 Å². The van der Waals surface area contributed by atoms with Crippen molar-refractivity contribution in [3.8, 4) is 10.6 Å². The van der Waals surface area contributed by atoms with E-state index in [4.69, 9.17) is 4.42 Å². The fourth-order valence-electron chi connectivity index (χ4n) is 2.43. The molecule has 4 heterocycles. The topological polar surface area (TPSA) is 84.1 Å². The number of nitrogens with zero attached hydrogens (tertiary/aromatic N) is 3. The van der Waals surface area contributed by atoms with Gasteiger partial charge in [-0.1, -0.05) is 6.07 Å². The molecule has 0 spiro atoms. The van der Waals surface area contributed by atoms with Crippen molar-refractivity contribution in [2.75, 3.05) is 11.9 Å². The van der Waals surface area contributed by atoms with Crippen LogP contribution in [0.3, 0.4) is 0 Å². The number of aromatic nitrogens is 3. The number of fused-ring (bicyclic) bond motifs is 1. The van der Waals surface area contributed by atoms with Gasteiger partial charge in [0.25, 0.3) is 0 Å². The Bertz CT molecular complexity index is 947. The van der Waals surface area contributed by atoms with Crippen LogP contribution in [0.25, 0.3) is 21.5 Å². The second-order valence-corrected chi connectivity index (χ2v) is 6.14. The fraction of sp³-hybridized carbons (Fsp3) is 0.118. The zero-order valence-corrected chi connectivity index (χ0v) is 13.4. The molecule has 24 heavy (non-hydrogen) atoms. The van der Waals surface area contributed by atoms with Crippen molar-refractivity contribution < 1.29 is 9.52 Å². The summed E-state index contributed by atoms with van der Waals surface area (Å²) in [6, 6.07) is 9.46. The first kappa shape index (κ1) is 14.8. The first-order valence-corrected chi connectivity index (χ1v) is 8.29. The summed E-state index contributed by atoms with van der Waals surface area (Å²) in [7, 11) is 0. The zero-order valence-electron chi connectivity index (χ0n) is 12.6. The van der Waals surface area contributed by atoms with E-state index in [9.17, 15) is 5.11 Å². The predicted octanol–water partition coefficient (Wildman–Crippen LogP) is 3.49. The van der Waals surface area contributed by atoms with E-state index in [1.807, 2.05) is 29.6 Å². The van der Waals surface area contributed by atoms with Gasteiger partial charge in [0.15, 0.2) is 0 Å². The molecule has 4 aromatic rings. The SMILES string of the molecule is OC(CNc1ncnc2cnccc12)c1ccc(-c2cccs2)o1. The van der Waals surface area contributed by atoms with Crippen LogP contribution >= 0.6 is 11.3 Å². The third-order valence-corrected chi connectivity index (χ3v) is 4.51. The van der Waals surface area contributed by atoms with Crippen molar-refractivity contribution in [2.24, 2.45) is 0 Å². The van der Waals surface area contributed by atoms with Crippen molar-refractivity contribution in [3.05, 3.63) is 60.2 Å². The van der Waals surface area contributed by atoms with Gasteiger partial charge >= 0.3 is 0 Å². The van der Waals surface area contributed by atoms with Crippen LogP contribution in [-0.4, -0.2) is 26.6 Å². The summed E-state index contributed by atoms with van der Waals surface area (Å²) < 4.78 is 5.74. The Kier molecular flexibility index (Phi) is 3.94. The number of aliphatic hydroxyl groups excluding tert-OH is 1. The molecule has 0 aromatic carbocycles. The van der Waals surface area contributed by atoms with Crippen LogP contribution < -0.4 is 5.32 Å². The lowest BCUT2D eigenvalue weighted by Crippen LogP contribution is -2.12. The van der Waals surface area contributed by atoms with Crippen molar-refractivity contribution in [3.63, 3.8) is 0 Å². The van der Waals surface area contributed by atoms with E-state index >= 15 is 0 Å². The number of hydrogen-bond donors (Lipinski definition) is 2. The molecular weight excluding hydrogens is 324 g/mol. The molecule has 0 saturated heterocycles. The van der Waals surface area contributed by atoms with Crippen molar-refractivity contribution in [1.82, 2.24) is 15.0 Å². The average molecular weight is 338 g/mol. The lowest BCUT2D eigenvalue weighted by atomic mass is 10.2. The number of anilines is 1. The minimum atomic E-state index is -0.773. The van der Waals surface area contributed by atoms with Crippen LogP contribution in [0.4, 0.5) is 5.82 Å². The molecule has 7 heteroatoms. The Hall–Kier alpha value is -2.77. The quantitative estimate of drug-likeness (QED) is 0.579. The third-order valence-electron chi connectivity index (χ3n) is 3.62. The van der Waals surface area contributed by atoms with E-state index in [1.165, 1.54) is 6.33 Å². The number of nitrogens with one attached hydrogen (secondary N) is 1. The first-order valence-electron chi connectivity index (χ1n) is 7.41. The molecular formula is C17H14N4O2S. The van der Waals surface area contributed by atoms with Crippen LogP contribution in [0.2, 0.25) is 0 Å². The second kappa shape index (κ2) is 6.38. The van der Waals surface area contributed by atoms with Gasteiger partial charge in [-0.25, -0.2) is 9.97 Å².